The topological polar surface area (TPSA) is 31.9 Å². The molecular formula is C16H19F2N3. The highest BCUT2D eigenvalue weighted by Gasteiger charge is 2.25. The van der Waals surface area contributed by atoms with E-state index >= 15 is 0 Å². The molecule has 0 unspecified atom stereocenters. The van der Waals surface area contributed by atoms with E-state index < -0.39 is 11.6 Å². The molecule has 3 nitrogen and oxygen atoms in total. The Labute approximate surface area is 123 Å². The number of hydrogen-bond acceptors (Lipinski definition) is 2. The molecule has 0 bridgehead atoms. The monoisotopic (exact) mass is 291 g/mol. The molecule has 2 aromatic rings. The van der Waals surface area contributed by atoms with E-state index in [0.29, 0.717) is 19.1 Å². The van der Waals surface area contributed by atoms with Gasteiger partial charge in [-0.05, 0) is 25.0 Å². The van der Waals surface area contributed by atoms with Gasteiger partial charge in [-0.2, -0.15) is 0 Å². The van der Waals surface area contributed by atoms with E-state index in [2.05, 4.69) is 14.9 Å². The number of H-pyrrole nitrogens is 1. The molecule has 1 saturated carbocycles. The highest BCUT2D eigenvalue weighted by molar-refractivity contribution is 5.20. The summed E-state index contributed by atoms with van der Waals surface area (Å²) in [6.45, 7) is 0.931. The number of aromatic amines is 1. The van der Waals surface area contributed by atoms with Crippen molar-refractivity contribution in [2.24, 2.45) is 0 Å². The molecule has 3 rings (SSSR count). The van der Waals surface area contributed by atoms with Gasteiger partial charge in [0.1, 0.15) is 11.6 Å². The highest BCUT2D eigenvalue weighted by Crippen LogP contribution is 2.27. The van der Waals surface area contributed by atoms with Gasteiger partial charge in [0.25, 0.3) is 0 Å². The molecule has 0 aliphatic heterocycles. The molecule has 1 heterocycles. The molecule has 1 aliphatic carbocycles. The smallest absolute Gasteiger partial charge is 0.130 e. The molecule has 0 atom stereocenters. The van der Waals surface area contributed by atoms with Crippen LogP contribution in [0.4, 0.5) is 8.78 Å². The molecular weight excluding hydrogens is 272 g/mol. The second-order valence-corrected chi connectivity index (χ2v) is 5.62. The Balaban J connectivity index is 1.81. The van der Waals surface area contributed by atoms with Crippen LogP contribution < -0.4 is 0 Å². The predicted octanol–water partition coefficient (Wildman–Crippen LogP) is 3.63. The van der Waals surface area contributed by atoms with Crippen LogP contribution in [0.2, 0.25) is 0 Å². The van der Waals surface area contributed by atoms with Gasteiger partial charge in [-0.1, -0.05) is 18.9 Å². The Morgan fingerprint density at radius 3 is 2.48 bits per heavy atom. The molecule has 1 N–H and O–H groups in total. The lowest BCUT2D eigenvalue weighted by atomic mass is 10.1. The number of hydrogen-bond donors (Lipinski definition) is 1. The first-order valence-corrected chi connectivity index (χ1v) is 7.38. The molecule has 112 valence electrons. The average molecular weight is 291 g/mol. The first kappa shape index (κ1) is 14.2. The maximum Gasteiger partial charge on any atom is 0.130 e. The van der Waals surface area contributed by atoms with Crippen LogP contribution in [0, 0.1) is 11.6 Å². The van der Waals surface area contributed by atoms with Gasteiger partial charge in [-0.25, -0.2) is 13.8 Å². The SMILES string of the molecule is Fc1cccc(F)c1CN(Cc1cnc[nH]1)C1CCCC1. The summed E-state index contributed by atoms with van der Waals surface area (Å²) in [6, 6.07) is 4.43. The predicted molar refractivity (Wildman–Crippen MR) is 76.4 cm³/mol. The lowest BCUT2D eigenvalue weighted by Gasteiger charge is -2.28. The minimum Gasteiger partial charge on any atom is -0.347 e. The van der Waals surface area contributed by atoms with E-state index in [1.165, 1.54) is 31.0 Å². The van der Waals surface area contributed by atoms with Crippen molar-refractivity contribution in [3.05, 3.63) is 53.6 Å². The van der Waals surface area contributed by atoms with E-state index in [9.17, 15) is 8.78 Å². The van der Waals surface area contributed by atoms with Gasteiger partial charge in [0.05, 0.1) is 6.33 Å². The normalized spacial score (nSPS) is 16.0. The quantitative estimate of drug-likeness (QED) is 0.912. The van der Waals surface area contributed by atoms with Crippen molar-refractivity contribution in [2.75, 3.05) is 0 Å². The third kappa shape index (κ3) is 3.29. The van der Waals surface area contributed by atoms with Crippen LogP contribution in [0.3, 0.4) is 0 Å². The molecule has 0 radical (unpaired) electrons. The maximum atomic E-state index is 13.9. The summed E-state index contributed by atoms with van der Waals surface area (Å²) >= 11 is 0. The number of rotatable bonds is 5. The Bertz CT molecular complexity index is 557. The van der Waals surface area contributed by atoms with Crippen molar-refractivity contribution in [3.8, 4) is 0 Å². The van der Waals surface area contributed by atoms with Crippen LogP contribution in [0.25, 0.3) is 0 Å². The molecule has 0 spiro atoms. The zero-order chi connectivity index (χ0) is 14.7. The summed E-state index contributed by atoms with van der Waals surface area (Å²) in [5.74, 6) is -0.940. The summed E-state index contributed by atoms with van der Waals surface area (Å²) in [6.07, 6.45) is 7.94. The van der Waals surface area contributed by atoms with E-state index in [-0.39, 0.29) is 5.56 Å². The maximum absolute atomic E-state index is 13.9. The number of halogens is 2. The zero-order valence-corrected chi connectivity index (χ0v) is 11.9. The number of nitrogens with zero attached hydrogens (tertiary/aromatic N) is 2. The van der Waals surface area contributed by atoms with Crippen LogP contribution in [0.15, 0.2) is 30.7 Å². The number of benzene rings is 1. The summed E-state index contributed by atoms with van der Waals surface area (Å²) in [7, 11) is 0. The van der Waals surface area contributed by atoms with E-state index in [1.807, 2.05) is 0 Å². The Morgan fingerprint density at radius 1 is 1.14 bits per heavy atom. The fraction of sp³-hybridized carbons (Fsp3) is 0.438. The molecule has 1 aromatic heterocycles. The van der Waals surface area contributed by atoms with Crippen LogP contribution >= 0.6 is 0 Å². The minimum atomic E-state index is -0.470. The van der Waals surface area contributed by atoms with Crippen molar-refractivity contribution in [2.45, 2.75) is 44.8 Å². The zero-order valence-electron chi connectivity index (χ0n) is 11.9. The Kier molecular flexibility index (Phi) is 4.29. The summed E-state index contributed by atoms with van der Waals surface area (Å²) in [4.78, 5) is 9.23. The van der Waals surface area contributed by atoms with Crippen molar-refractivity contribution < 1.29 is 8.78 Å². The molecule has 0 saturated heterocycles. The molecule has 21 heavy (non-hydrogen) atoms. The van der Waals surface area contributed by atoms with E-state index in [4.69, 9.17) is 0 Å². The highest BCUT2D eigenvalue weighted by atomic mass is 19.1. The van der Waals surface area contributed by atoms with Gasteiger partial charge in [0.2, 0.25) is 0 Å². The van der Waals surface area contributed by atoms with Crippen molar-refractivity contribution in [1.82, 2.24) is 14.9 Å². The average Bonchev–Trinajstić information content (AvgIpc) is 3.14. The molecule has 1 aliphatic rings. The summed E-state index contributed by atoms with van der Waals surface area (Å²) < 4.78 is 27.8. The molecule has 5 heteroatoms. The van der Waals surface area contributed by atoms with E-state index in [1.54, 1.807) is 12.5 Å². The van der Waals surface area contributed by atoms with Gasteiger partial charge in [0.15, 0.2) is 0 Å². The number of imidazole rings is 1. The van der Waals surface area contributed by atoms with Gasteiger partial charge < -0.3 is 4.98 Å². The van der Waals surface area contributed by atoms with Crippen LogP contribution in [0.5, 0.6) is 0 Å². The van der Waals surface area contributed by atoms with Crippen LogP contribution in [0.1, 0.15) is 36.9 Å². The van der Waals surface area contributed by atoms with Crippen LogP contribution in [-0.4, -0.2) is 20.9 Å². The van der Waals surface area contributed by atoms with Gasteiger partial charge >= 0.3 is 0 Å². The third-order valence-electron chi connectivity index (χ3n) is 4.19. The Hall–Kier alpha value is -1.75. The van der Waals surface area contributed by atoms with E-state index in [0.717, 1.165) is 18.5 Å². The van der Waals surface area contributed by atoms with Crippen LogP contribution in [-0.2, 0) is 13.1 Å². The fourth-order valence-electron chi connectivity index (χ4n) is 3.06. The summed E-state index contributed by atoms with van der Waals surface area (Å²) in [5.41, 5.74) is 1.13. The summed E-state index contributed by atoms with van der Waals surface area (Å²) in [5, 5.41) is 0. The molecule has 1 aromatic carbocycles. The molecule has 1 fully saturated rings. The van der Waals surface area contributed by atoms with Crippen molar-refractivity contribution >= 4 is 0 Å². The van der Waals surface area contributed by atoms with Crippen molar-refractivity contribution in [1.29, 1.82) is 0 Å². The number of aromatic nitrogens is 2. The Morgan fingerprint density at radius 2 is 1.86 bits per heavy atom. The first-order valence-electron chi connectivity index (χ1n) is 7.38. The number of nitrogens with one attached hydrogen (secondary N) is 1. The second kappa shape index (κ2) is 6.35. The lowest BCUT2D eigenvalue weighted by Crippen LogP contribution is -2.33. The van der Waals surface area contributed by atoms with Gasteiger partial charge in [0, 0.05) is 36.6 Å². The third-order valence-corrected chi connectivity index (χ3v) is 4.19. The fourth-order valence-corrected chi connectivity index (χ4v) is 3.06. The molecule has 0 amide bonds. The van der Waals surface area contributed by atoms with Gasteiger partial charge in [-0.15, -0.1) is 0 Å². The largest absolute Gasteiger partial charge is 0.347 e. The minimum absolute atomic E-state index is 0.156. The lowest BCUT2D eigenvalue weighted by molar-refractivity contribution is 0.174. The standard InChI is InChI=1S/C16H19F2N3/c17-15-6-3-7-16(18)14(15)10-21(13-4-1-2-5-13)9-12-8-19-11-20-12/h3,6-8,11,13H,1-2,4-5,9-10H2,(H,19,20). The van der Waals surface area contributed by atoms with Crippen molar-refractivity contribution in [3.63, 3.8) is 0 Å². The first-order chi connectivity index (χ1) is 10.2. The second-order valence-electron chi connectivity index (χ2n) is 5.62. The van der Waals surface area contributed by atoms with Gasteiger partial charge in [-0.3, -0.25) is 4.90 Å².